The molecule has 0 aliphatic heterocycles. The third-order valence-electron chi connectivity index (χ3n) is 6.02. The quantitative estimate of drug-likeness (QED) is 0.285. The summed E-state index contributed by atoms with van der Waals surface area (Å²) in [6.07, 6.45) is 2.52. The summed E-state index contributed by atoms with van der Waals surface area (Å²) in [5.41, 5.74) is 2.87. The van der Waals surface area contributed by atoms with Gasteiger partial charge in [0.1, 0.15) is 17.2 Å². The molecule has 190 valence electrons. The molecule has 1 heterocycles. The van der Waals surface area contributed by atoms with Crippen LogP contribution in [0.5, 0.6) is 0 Å². The Morgan fingerprint density at radius 3 is 2.38 bits per heavy atom. The molecule has 4 rings (SSSR count). The van der Waals surface area contributed by atoms with Gasteiger partial charge in [-0.25, -0.2) is 12.8 Å². The normalized spacial score (nSPS) is 11.3. The van der Waals surface area contributed by atoms with Crippen LogP contribution in [0.1, 0.15) is 29.6 Å². The van der Waals surface area contributed by atoms with E-state index < -0.39 is 15.8 Å². The van der Waals surface area contributed by atoms with E-state index in [2.05, 4.69) is 11.4 Å². The van der Waals surface area contributed by atoms with Gasteiger partial charge in [-0.2, -0.15) is 5.26 Å². The maximum absolute atomic E-state index is 13.6. The van der Waals surface area contributed by atoms with Gasteiger partial charge < -0.3 is 9.73 Å². The van der Waals surface area contributed by atoms with Crippen LogP contribution in [-0.4, -0.2) is 34.2 Å². The first-order valence-corrected chi connectivity index (χ1v) is 13.6. The number of carbonyl (C=O) groups excluding carboxylic acids is 1. The zero-order chi connectivity index (χ0) is 26.6. The van der Waals surface area contributed by atoms with E-state index in [0.717, 1.165) is 11.8 Å². The first kappa shape index (κ1) is 25.9. The number of anilines is 1. The number of nitriles is 1. The molecular formula is C28H26FN3O4S. The maximum Gasteiger partial charge on any atom is 0.255 e. The molecule has 1 N–H and O–H groups in total. The van der Waals surface area contributed by atoms with Crippen molar-refractivity contribution in [2.24, 2.45) is 0 Å². The van der Waals surface area contributed by atoms with Gasteiger partial charge in [-0.1, -0.05) is 30.3 Å². The Morgan fingerprint density at radius 1 is 1.05 bits per heavy atom. The van der Waals surface area contributed by atoms with Crippen molar-refractivity contribution >= 4 is 32.6 Å². The fourth-order valence-electron chi connectivity index (χ4n) is 4.27. The fourth-order valence-corrected chi connectivity index (χ4v) is 5.24. The van der Waals surface area contributed by atoms with Gasteiger partial charge in [-0.05, 0) is 48.7 Å². The van der Waals surface area contributed by atoms with E-state index in [1.54, 1.807) is 12.1 Å². The van der Waals surface area contributed by atoms with E-state index in [-0.39, 0.29) is 23.8 Å². The molecule has 7 nitrogen and oxygen atoms in total. The number of furan rings is 1. The Bertz CT molecular complexity index is 1570. The molecule has 37 heavy (non-hydrogen) atoms. The van der Waals surface area contributed by atoms with Crippen LogP contribution in [0.15, 0.2) is 71.1 Å². The molecule has 4 aromatic rings. The van der Waals surface area contributed by atoms with Crippen molar-refractivity contribution in [3.8, 4) is 28.5 Å². The zero-order valence-corrected chi connectivity index (χ0v) is 21.3. The third-order valence-corrected chi connectivity index (χ3v) is 7.20. The summed E-state index contributed by atoms with van der Waals surface area (Å²) in [4.78, 5) is 13.0. The molecule has 0 aliphatic carbocycles. The van der Waals surface area contributed by atoms with Gasteiger partial charge in [-0.3, -0.25) is 9.10 Å². The molecular weight excluding hydrogens is 493 g/mol. The van der Waals surface area contributed by atoms with Gasteiger partial charge in [0.25, 0.3) is 5.91 Å². The van der Waals surface area contributed by atoms with Crippen molar-refractivity contribution in [3.05, 3.63) is 78.1 Å². The van der Waals surface area contributed by atoms with E-state index in [9.17, 15) is 17.6 Å². The number of rotatable bonds is 9. The van der Waals surface area contributed by atoms with Crippen molar-refractivity contribution in [1.29, 1.82) is 5.26 Å². The molecule has 0 atom stereocenters. The first-order valence-electron chi connectivity index (χ1n) is 11.7. The summed E-state index contributed by atoms with van der Waals surface area (Å²) in [5, 5.41) is 12.0. The standard InChI is InChI=1S/C28H26FN3O4S/c1-31-28(33)26-23-17-22(19-9-5-3-6-10-19)24(32(37(2,34)35)16-8-4-7-15-30)18-25(23)36-27(26)20-11-13-21(29)14-12-20/h3,5-6,9-14,17-18H,4,7-8,16H2,1-2H3,(H,31,33). The minimum absolute atomic E-state index is 0.180. The minimum atomic E-state index is -3.70. The number of halogens is 1. The van der Waals surface area contributed by atoms with Gasteiger partial charge in [0, 0.05) is 42.6 Å². The summed E-state index contributed by atoms with van der Waals surface area (Å²) in [6, 6.07) is 20.4. The fraction of sp³-hybridized carbons (Fsp3) is 0.214. The van der Waals surface area contributed by atoms with Crippen LogP contribution in [0.25, 0.3) is 33.4 Å². The van der Waals surface area contributed by atoms with E-state index in [4.69, 9.17) is 9.68 Å². The predicted molar refractivity (Wildman–Crippen MR) is 142 cm³/mol. The van der Waals surface area contributed by atoms with E-state index in [1.165, 1.54) is 35.6 Å². The van der Waals surface area contributed by atoms with Gasteiger partial charge >= 0.3 is 0 Å². The smallest absolute Gasteiger partial charge is 0.255 e. The zero-order valence-electron chi connectivity index (χ0n) is 20.5. The highest BCUT2D eigenvalue weighted by Crippen LogP contribution is 2.41. The number of benzene rings is 3. The number of carbonyl (C=O) groups is 1. The number of hydrogen-bond donors (Lipinski definition) is 1. The van der Waals surface area contributed by atoms with Crippen molar-refractivity contribution in [3.63, 3.8) is 0 Å². The molecule has 9 heteroatoms. The van der Waals surface area contributed by atoms with Crippen LogP contribution >= 0.6 is 0 Å². The first-order chi connectivity index (χ1) is 17.7. The van der Waals surface area contributed by atoms with E-state index >= 15 is 0 Å². The Labute approximate surface area is 215 Å². The SMILES string of the molecule is CNC(=O)c1c(-c2ccc(F)cc2)oc2cc(N(CCCCC#N)S(C)(=O)=O)c(-c3ccccc3)cc12. The number of nitrogens with zero attached hydrogens (tertiary/aromatic N) is 2. The lowest BCUT2D eigenvalue weighted by Gasteiger charge is -2.25. The second kappa shape index (κ2) is 10.8. The largest absolute Gasteiger partial charge is 0.455 e. The molecule has 1 aromatic heterocycles. The van der Waals surface area contributed by atoms with Crippen molar-refractivity contribution in [1.82, 2.24) is 5.32 Å². The van der Waals surface area contributed by atoms with Crippen LogP contribution in [0.4, 0.5) is 10.1 Å². The topological polar surface area (TPSA) is 103 Å². The Hall–Kier alpha value is -4.16. The van der Waals surface area contributed by atoms with Crippen LogP contribution < -0.4 is 9.62 Å². The summed E-state index contributed by atoms with van der Waals surface area (Å²) in [6.45, 7) is 0.180. The third kappa shape index (κ3) is 5.49. The van der Waals surface area contributed by atoms with Crippen molar-refractivity contribution in [2.45, 2.75) is 19.3 Å². The number of sulfonamides is 1. The molecule has 3 aromatic carbocycles. The number of fused-ring (bicyclic) bond motifs is 1. The average Bonchev–Trinajstić information content (AvgIpc) is 3.26. The molecule has 0 saturated carbocycles. The molecule has 1 amide bonds. The van der Waals surface area contributed by atoms with Crippen LogP contribution in [0, 0.1) is 17.1 Å². The summed E-state index contributed by atoms with van der Waals surface area (Å²) in [5.74, 6) is -0.554. The van der Waals surface area contributed by atoms with Gasteiger partial charge in [0.05, 0.1) is 23.6 Å². The molecule has 0 radical (unpaired) electrons. The molecule has 0 bridgehead atoms. The lowest BCUT2D eigenvalue weighted by atomic mass is 9.98. The molecule has 0 unspecified atom stereocenters. The number of amides is 1. The molecule has 0 saturated heterocycles. The second-order valence-corrected chi connectivity index (χ2v) is 10.5. The molecule has 0 fully saturated rings. The predicted octanol–water partition coefficient (Wildman–Crippen LogP) is 5.73. The highest BCUT2D eigenvalue weighted by Gasteiger charge is 2.27. The van der Waals surface area contributed by atoms with Crippen molar-refractivity contribution in [2.75, 3.05) is 24.2 Å². The summed E-state index contributed by atoms with van der Waals surface area (Å²) >= 11 is 0. The van der Waals surface area contributed by atoms with E-state index in [1.807, 2.05) is 30.3 Å². The second-order valence-electron chi connectivity index (χ2n) is 8.57. The summed E-state index contributed by atoms with van der Waals surface area (Å²) < 4.78 is 46.9. The number of unbranched alkanes of at least 4 members (excludes halogenated alkanes) is 2. The van der Waals surface area contributed by atoms with Crippen molar-refractivity contribution < 1.29 is 22.0 Å². The molecule has 0 spiro atoms. The average molecular weight is 520 g/mol. The Kier molecular flexibility index (Phi) is 7.60. The highest BCUT2D eigenvalue weighted by molar-refractivity contribution is 7.92. The van der Waals surface area contributed by atoms with Gasteiger partial charge in [0.15, 0.2) is 0 Å². The number of hydrogen-bond acceptors (Lipinski definition) is 5. The number of nitrogens with one attached hydrogen (secondary N) is 1. The Balaban J connectivity index is 2.00. The lowest BCUT2D eigenvalue weighted by Crippen LogP contribution is -2.31. The lowest BCUT2D eigenvalue weighted by molar-refractivity contribution is 0.0964. The minimum Gasteiger partial charge on any atom is -0.455 e. The van der Waals surface area contributed by atoms with Crippen LogP contribution in [0.3, 0.4) is 0 Å². The van der Waals surface area contributed by atoms with Gasteiger partial charge in [0.2, 0.25) is 10.0 Å². The molecule has 0 aliphatic rings. The van der Waals surface area contributed by atoms with Gasteiger partial charge in [-0.15, -0.1) is 0 Å². The van der Waals surface area contributed by atoms with Crippen LogP contribution in [-0.2, 0) is 10.0 Å². The maximum atomic E-state index is 13.6. The Morgan fingerprint density at radius 2 is 1.76 bits per heavy atom. The summed E-state index contributed by atoms with van der Waals surface area (Å²) in [7, 11) is -2.19. The monoisotopic (exact) mass is 519 g/mol. The van der Waals surface area contributed by atoms with E-state index in [0.29, 0.717) is 47.0 Å². The van der Waals surface area contributed by atoms with Crippen LogP contribution in [0.2, 0.25) is 0 Å². The highest BCUT2D eigenvalue weighted by atomic mass is 32.2.